The van der Waals surface area contributed by atoms with Crippen LogP contribution < -0.4 is 14.9 Å². The van der Waals surface area contributed by atoms with Gasteiger partial charge in [0.05, 0.1) is 12.8 Å². The van der Waals surface area contributed by atoms with Crippen LogP contribution in [-0.2, 0) is 6.61 Å². The molecule has 0 fully saturated rings. The Balaban J connectivity index is 1.64. The molecule has 3 aromatic rings. The summed E-state index contributed by atoms with van der Waals surface area (Å²) in [4.78, 5) is 12.0. The van der Waals surface area contributed by atoms with Gasteiger partial charge in [-0.2, -0.15) is 5.10 Å². The number of nitrogens with one attached hydrogen (secondary N) is 1. The normalized spacial score (nSPS) is 10.8. The molecular formula is C23H20BrFN2O3. The number of benzene rings is 3. The molecule has 7 heteroatoms. The molecule has 0 aromatic heterocycles. The molecule has 3 aromatic carbocycles. The Morgan fingerprint density at radius 2 is 1.77 bits per heavy atom. The molecule has 0 heterocycles. The Bertz CT molecular complexity index is 1020. The first kappa shape index (κ1) is 21.5. The third kappa shape index (κ3) is 6.15. The van der Waals surface area contributed by atoms with Crippen molar-refractivity contribution < 1.29 is 18.7 Å². The van der Waals surface area contributed by atoms with Crippen LogP contribution in [0.2, 0.25) is 0 Å². The number of carbonyl (C=O) groups is 1. The van der Waals surface area contributed by atoms with Gasteiger partial charge in [0, 0.05) is 10.0 Å². The maximum absolute atomic E-state index is 12.9. The van der Waals surface area contributed by atoms with E-state index in [2.05, 4.69) is 26.5 Å². The van der Waals surface area contributed by atoms with Crippen molar-refractivity contribution in [1.29, 1.82) is 0 Å². The number of nitrogens with zero attached hydrogens (tertiary/aromatic N) is 1. The Kier molecular flexibility index (Phi) is 7.57. The molecule has 154 valence electrons. The lowest BCUT2D eigenvalue weighted by atomic mass is 10.2. The zero-order valence-electron chi connectivity index (χ0n) is 16.3. The van der Waals surface area contributed by atoms with Crippen LogP contribution in [0.15, 0.2) is 76.3 Å². The van der Waals surface area contributed by atoms with Gasteiger partial charge >= 0.3 is 0 Å². The number of carbonyl (C=O) groups excluding carboxylic acids is 1. The fourth-order valence-electron chi connectivity index (χ4n) is 2.57. The van der Waals surface area contributed by atoms with Crippen LogP contribution in [-0.4, -0.2) is 18.7 Å². The number of hydrazone groups is 1. The zero-order valence-corrected chi connectivity index (χ0v) is 17.9. The van der Waals surface area contributed by atoms with Crippen molar-refractivity contribution >= 4 is 28.1 Å². The first-order valence-corrected chi connectivity index (χ1v) is 10.1. The first-order chi connectivity index (χ1) is 14.5. The average Bonchev–Trinajstić information content (AvgIpc) is 2.75. The van der Waals surface area contributed by atoms with E-state index in [0.717, 1.165) is 15.6 Å². The Labute approximate surface area is 182 Å². The summed E-state index contributed by atoms with van der Waals surface area (Å²) in [7, 11) is 0. The van der Waals surface area contributed by atoms with E-state index in [-0.39, 0.29) is 0 Å². The van der Waals surface area contributed by atoms with E-state index < -0.39 is 11.7 Å². The minimum atomic E-state index is -0.425. The van der Waals surface area contributed by atoms with Gasteiger partial charge in [-0.05, 0) is 72.6 Å². The summed E-state index contributed by atoms with van der Waals surface area (Å²) < 4.78 is 25.5. The molecule has 5 nitrogen and oxygen atoms in total. The van der Waals surface area contributed by atoms with Crippen LogP contribution in [0, 0.1) is 5.82 Å². The third-order valence-corrected chi connectivity index (χ3v) is 4.59. The van der Waals surface area contributed by atoms with Gasteiger partial charge in [0.2, 0.25) is 0 Å². The molecule has 0 atom stereocenters. The van der Waals surface area contributed by atoms with Gasteiger partial charge in [0.1, 0.15) is 12.4 Å². The largest absolute Gasteiger partial charge is 0.490 e. The minimum absolute atomic E-state index is 0.320. The fraction of sp³-hybridized carbons (Fsp3) is 0.130. The molecule has 0 radical (unpaired) electrons. The molecule has 0 aliphatic heterocycles. The van der Waals surface area contributed by atoms with Gasteiger partial charge in [0.15, 0.2) is 11.5 Å². The molecular weight excluding hydrogens is 451 g/mol. The quantitative estimate of drug-likeness (QED) is 0.357. The van der Waals surface area contributed by atoms with Crippen molar-refractivity contribution in [3.8, 4) is 11.5 Å². The smallest absolute Gasteiger partial charge is 0.271 e. The van der Waals surface area contributed by atoms with Crippen LogP contribution >= 0.6 is 15.9 Å². The van der Waals surface area contributed by atoms with Crippen LogP contribution in [0.3, 0.4) is 0 Å². The number of hydrogen-bond acceptors (Lipinski definition) is 4. The third-order valence-electron chi connectivity index (χ3n) is 4.06. The number of hydrogen-bond donors (Lipinski definition) is 1. The highest BCUT2D eigenvalue weighted by molar-refractivity contribution is 9.10. The van der Waals surface area contributed by atoms with E-state index in [1.807, 2.05) is 37.3 Å². The van der Waals surface area contributed by atoms with Crippen molar-refractivity contribution in [3.63, 3.8) is 0 Å². The summed E-state index contributed by atoms with van der Waals surface area (Å²) in [6.07, 6.45) is 1.50. The molecule has 1 amide bonds. The van der Waals surface area contributed by atoms with E-state index in [1.54, 1.807) is 12.1 Å². The second-order valence-electron chi connectivity index (χ2n) is 6.26. The summed E-state index contributed by atoms with van der Waals surface area (Å²) >= 11 is 3.41. The molecule has 0 unspecified atom stereocenters. The van der Waals surface area contributed by atoms with Crippen molar-refractivity contribution in [2.45, 2.75) is 13.5 Å². The van der Waals surface area contributed by atoms with Gasteiger partial charge < -0.3 is 9.47 Å². The van der Waals surface area contributed by atoms with Crippen molar-refractivity contribution in [2.75, 3.05) is 6.61 Å². The van der Waals surface area contributed by atoms with Gasteiger partial charge in [-0.25, -0.2) is 9.82 Å². The lowest BCUT2D eigenvalue weighted by Crippen LogP contribution is -2.17. The molecule has 0 aliphatic rings. The predicted octanol–water partition coefficient (Wildman–Crippen LogP) is 5.33. The number of ether oxygens (including phenoxy) is 2. The number of amides is 1. The molecule has 1 N–H and O–H groups in total. The summed E-state index contributed by atoms with van der Waals surface area (Å²) in [6.45, 7) is 2.78. The topological polar surface area (TPSA) is 59.9 Å². The van der Waals surface area contributed by atoms with Crippen LogP contribution in [0.25, 0.3) is 0 Å². The Hall–Kier alpha value is -3.19. The molecule has 0 saturated carbocycles. The predicted molar refractivity (Wildman–Crippen MR) is 118 cm³/mol. The standard InChI is InChI=1S/C23H20BrFN2O3/c1-2-29-22-13-17(14-26-27-23(28)18-6-10-20(25)11-7-18)5-12-21(22)30-15-16-3-8-19(24)9-4-16/h3-14H,2,15H2,1H3,(H,27,28)/b26-14-. The summed E-state index contributed by atoms with van der Waals surface area (Å²) in [5.41, 5.74) is 4.50. The van der Waals surface area contributed by atoms with Crippen molar-refractivity contribution in [1.82, 2.24) is 5.43 Å². The summed E-state index contributed by atoms with van der Waals surface area (Å²) in [5, 5.41) is 3.95. The fourth-order valence-corrected chi connectivity index (χ4v) is 2.83. The van der Waals surface area contributed by atoms with Crippen LogP contribution in [0.5, 0.6) is 11.5 Å². The Morgan fingerprint density at radius 3 is 2.47 bits per heavy atom. The Morgan fingerprint density at radius 1 is 1.03 bits per heavy atom. The first-order valence-electron chi connectivity index (χ1n) is 9.28. The SMILES string of the molecule is CCOc1cc(/C=N\NC(=O)c2ccc(F)cc2)ccc1OCc1ccc(Br)cc1. The van der Waals surface area contributed by atoms with E-state index in [0.29, 0.717) is 30.3 Å². The highest BCUT2D eigenvalue weighted by atomic mass is 79.9. The molecule has 3 rings (SSSR count). The minimum Gasteiger partial charge on any atom is -0.490 e. The molecule has 0 bridgehead atoms. The van der Waals surface area contributed by atoms with E-state index >= 15 is 0 Å². The van der Waals surface area contributed by atoms with Crippen molar-refractivity contribution in [3.05, 3.63) is 93.7 Å². The highest BCUT2D eigenvalue weighted by Gasteiger charge is 2.07. The highest BCUT2D eigenvalue weighted by Crippen LogP contribution is 2.29. The maximum Gasteiger partial charge on any atom is 0.271 e. The van der Waals surface area contributed by atoms with Gasteiger partial charge in [0.25, 0.3) is 5.91 Å². The summed E-state index contributed by atoms with van der Waals surface area (Å²) in [6, 6.07) is 18.5. The van der Waals surface area contributed by atoms with Crippen LogP contribution in [0.1, 0.15) is 28.4 Å². The lowest BCUT2D eigenvalue weighted by molar-refractivity contribution is 0.0955. The van der Waals surface area contributed by atoms with E-state index in [9.17, 15) is 9.18 Å². The van der Waals surface area contributed by atoms with Gasteiger partial charge in [-0.15, -0.1) is 0 Å². The van der Waals surface area contributed by atoms with E-state index in [1.165, 1.54) is 30.5 Å². The van der Waals surface area contributed by atoms with Gasteiger partial charge in [-0.1, -0.05) is 28.1 Å². The van der Waals surface area contributed by atoms with Gasteiger partial charge in [-0.3, -0.25) is 4.79 Å². The molecule has 0 saturated heterocycles. The van der Waals surface area contributed by atoms with E-state index in [4.69, 9.17) is 9.47 Å². The lowest BCUT2D eigenvalue weighted by Gasteiger charge is -2.12. The summed E-state index contributed by atoms with van der Waals surface area (Å²) in [5.74, 6) is 0.377. The molecule has 30 heavy (non-hydrogen) atoms. The molecule has 0 spiro atoms. The average molecular weight is 471 g/mol. The van der Waals surface area contributed by atoms with Crippen LogP contribution in [0.4, 0.5) is 4.39 Å². The number of halogens is 2. The van der Waals surface area contributed by atoms with Crippen molar-refractivity contribution in [2.24, 2.45) is 5.10 Å². The second kappa shape index (κ2) is 10.5. The monoisotopic (exact) mass is 470 g/mol. The number of rotatable bonds is 8. The maximum atomic E-state index is 12.9. The molecule has 0 aliphatic carbocycles. The zero-order chi connectivity index (χ0) is 21.3. The second-order valence-corrected chi connectivity index (χ2v) is 7.18.